The Labute approximate surface area is 89.0 Å². The van der Waals surface area contributed by atoms with Gasteiger partial charge in [0.25, 0.3) is 0 Å². The predicted molar refractivity (Wildman–Crippen MR) is 57.1 cm³/mol. The van der Waals surface area contributed by atoms with Crippen LogP contribution in [0, 0.1) is 0 Å². The van der Waals surface area contributed by atoms with Gasteiger partial charge in [-0.2, -0.15) is 0 Å². The third-order valence-electron chi connectivity index (χ3n) is 2.01. The van der Waals surface area contributed by atoms with Crippen LogP contribution in [0.25, 0.3) is 0 Å². The monoisotopic (exact) mass is 211 g/mol. The molecule has 0 radical (unpaired) electrons. The minimum absolute atomic E-state index is 0.0557. The summed E-state index contributed by atoms with van der Waals surface area (Å²) in [5, 5.41) is 5.75. The smallest absolute Gasteiger partial charge is 0.237 e. The first-order valence-electron chi connectivity index (χ1n) is 4.97. The molecule has 84 valence electrons. The topological polar surface area (TPSA) is 80.3 Å². The van der Waals surface area contributed by atoms with E-state index in [0.29, 0.717) is 19.6 Å². The molecule has 0 saturated heterocycles. The number of carbonyl (C=O) groups excluding carboxylic acids is 1. The molecule has 5 heteroatoms. The van der Waals surface area contributed by atoms with Gasteiger partial charge >= 0.3 is 0 Å². The molecule has 1 rings (SSSR count). The summed E-state index contributed by atoms with van der Waals surface area (Å²) in [5.41, 5.74) is 5.32. The quantitative estimate of drug-likeness (QED) is 0.610. The van der Waals surface area contributed by atoms with Crippen LogP contribution in [0.2, 0.25) is 0 Å². The molecular formula is C10H17N3O2. The Morgan fingerprint density at radius 2 is 2.47 bits per heavy atom. The van der Waals surface area contributed by atoms with Crippen molar-refractivity contribution in [2.24, 2.45) is 5.73 Å². The lowest BCUT2D eigenvalue weighted by Crippen LogP contribution is -2.43. The number of furan rings is 1. The minimum Gasteiger partial charge on any atom is -0.467 e. The van der Waals surface area contributed by atoms with Crippen LogP contribution in [0.5, 0.6) is 0 Å². The number of hydrogen-bond acceptors (Lipinski definition) is 4. The molecule has 0 fully saturated rings. The maximum Gasteiger partial charge on any atom is 0.237 e. The van der Waals surface area contributed by atoms with E-state index in [9.17, 15) is 4.79 Å². The SMILES string of the molecule is CC(NCCN)C(=O)NCc1ccco1. The van der Waals surface area contributed by atoms with E-state index in [1.807, 2.05) is 6.07 Å². The first-order valence-corrected chi connectivity index (χ1v) is 4.97. The Morgan fingerprint density at radius 3 is 3.07 bits per heavy atom. The van der Waals surface area contributed by atoms with Gasteiger partial charge in [0, 0.05) is 13.1 Å². The van der Waals surface area contributed by atoms with Gasteiger partial charge in [0.05, 0.1) is 18.8 Å². The summed E-state index contributed by atoms with van der Waals surface area (Å²) in [6.07, 6.45) is 1.58. The van der Waals surface area contributed by atoms with E-state index < -0.39 is 0 Å². The van der Waals surface area contributed by atoms with Crippen molar-refractivity contribution in [1.29, 1.82) is 0 Å². The highest BCUT2D eigenvalue weighted by atomic mass is 16.3. The zero-order chi connectivity index (χ0) is 11.1. The Balaban J connectivity index is 2.23. The van der Waals surface area contributed by atoms with Crippen molar-refractivity contribution < 1.29 is 9.21 Å². The Morgan fingerprint density at radius 1 is 1.67 bits per heavy atom. The Hall–Kier alpha value is -1.33. The van der Waals surface area contributed by atoms with E-state index >= 15 is 0 Å². The van der Waals surface area contributed by atoms with E-state index in [1.54, 1.807) is 19.3 Å². The van der Waals surface area contributed by atoms with Gasteiger partial charge in [-0.15, -0.1) is 0 Å². The Bertz CT molecular complexity index is 285. The van der Waals surface area contributed by atoms with Crippen LogP contribution >= 0.6 is 0 Å². The van der Waals surface area contributed by atoms with E-state index in [0.717, 1.165) is 5.76 Å². The maximum absolute atomic E-state index is 11.5. The number of nitrogens with one attached hydrogen (secondary N) is 2. The molecule has 1 heterocycles. The molecule has 0 saturated carbocycles. The molecule has 1 amide bonds. The van der Waals surface area contributed by atoms with Crippen LogP contribution in [0.15, 0.2) is 22.8 Å². The molecule has 5 nitrogen and oxygen atoms in total. The van der Waals surface area contributed by atoms with Gasteiger partial charge in [0.1, 0.15) is 5.76 Å². The van der Waals surface area contributed by atoms with Crippen LogP contribution in [-0.2, 0) is 11.3 Å². The van der Waals surface area contributed by atoms with Crippen LogP contribution in [0.4, 0.5) is 0 Å². The summed E-state index contributed by atoms with van der Waals surface area (Å²) in [7, 11) is 0. The Kier molecular flexibility index (Phi) is 4.86. The van der Waals surface area contributed by atoms with Crippen molar-refractivity contribution in [2.45, 2.75) is 19.5 Å². The molecule has 15 heavy (non-hydrogen) atoms. The summed E-state index contributed by atoms with van der Waals surface area (Å²) < 4.78 is 5.09. The zero-order valence-corrected chi connectivity index (χ0v) is 8.82. The normalized spacial score (nSPS) is 12.4. The molecule has 0 spiro atoms. The average molecular weight is 211 g/mol. The maximum atomic E-state index is 11.5. The van der Waals surface area contributed by atoms with Crippen LogP contribution in [0.1, 0.15) is 12.7 Å². The summed E-state index contributed by atoms with van der Waals surface area (Å²) >= 11 is 0. The summed E-state index contributed by atoms with van der Waals surface area (Å²) in [6, 6.07) is 3.37. The van der Waals surface area contributed by atoms with E-state index in [4.69, 9.17) is 10.2 Å². The summed E-state index contributed by atoms with van der Waals surface area (Å²) in [5.74, 6) is 0.689. The van der Waals surface area contributed by atoms with Gasteiger partial charge < -0.3 is 20.8 Å². The molecule has 0 bridgehead atoms. The number of rotatable bonds is 6. The molecule has 0 aliphatic heterocycles. The standard InChI is InChI=1S/C10H17N3O2/c1-8(12-5-4-11)10(14)13-7-9-3-2-6-15-9/h2-3,6,8,12H,4-5,7,11H2,1H3,(H,13,14). The van der Waals surface area contributed by atoms with Gasteiger partial charge in [-0.25, -0.2) is 0 Å². The molecule has 4 N–H and O–H groups in total. The molecule has 0 aromatic carbocycles. The summed E-state index contributed by atoms with van der Waals surface area (Å²) in [4.78, 5) is 11.5. The first-order chi connectivity index (χ1) is 7.24. The van der Waals surface area contributed by atoms with Crippen molar-refractivity contribution >= 4 is 5.91 Å². The fraction of sp³-hybridized carbons (Fsp3) is 0.500. The van der Waals surface area contributed by atoms with Gasteiger partial charge in [-0.3, -0.25) is 4.79 Å². The van der Waals surface area contributed by atoms with Crippen LogP contribution < -0.4 is 16.4 Å². The highest BCUT2D eigenvalue weighted by Gasteiger charge is 2.10. The number of amides is 1. The zero-order valence-electron chi connectivity index (χ0n) is 8.82. The second-order valence-electron chi connectivity index (χ2n) is 3.26. The van der Waals surface area contributed by atoms with E-state index in [2.05, 4.69) is 10.6 Å². The number of hydrogen-bond donors (Lipinski definition) is 3. The lowest BCUT2D eigenvalue weighted by Gasteiger charge is -2.12. The van der Waals surface area contributed by atoms with Crippen molar-refractivity contribution in [3.8, 4) is 0 Å². The van der Waals surface area contributed by atoms with Crippen molar-refractivity contribution in [3.63, 3.8) is 0 Å². The second kappa shape index (κ2) is 6.21. The highest BCUT2D eigenvalue weighted by Crippen LogP contribution is 1.98. The molecule has 0 aliphatic carbocycles. The first kappa shape index (κ1) is 11.7. The van der Waals surface area contributed by atoms with Gasteiger partial charge in [-0.1, -0.05) is 0 Å². The van der Waals surface area contributed by atoms with E-state index in [1.165, 1.54) is 0 Å². The average Bonchev–Trinajstić information content (AvgIpc) is 2.75. The van der Waals surface area contributed by atoms with E-state index in [-0.39, 0.29) is 11.9 Å². The lowest BCUT2D eigenvalue weighted by molar-refractivity contribution is -0.123. The summed E-state index contributed by atoms with van der Waals surface area (Å²) in [6.45, 7) is 3.37. The third kappa shape index (κ3) is 4.14. The fourth-order valence-electron chi connectivity index (χ4n) is 1.13. The third-order valence-corrected chi connectivity index (χ3v) is 2.01. The lowest BCUT2D eigenvalue weighted by atomic mass is 10.3. The number of nitrogens with two attached hydrogens (primary N) is 1. The fourth-order valence-corrected chi connectivity index (χ4v) is 1.13. The number of carbonyl (C=O) groups is 1. The van der Waals surface area contributed by atoms with Crippen molar-refractivity contribution in [2.75, 3.05) is 13.1 Å². The van der Waals surface area contributed by atoms with Gasteiger partial charge in [0.15, 0.2) is 0 Å². The second-order valence-corrected chi connectivity index (χ2v) is 3.26. The molecule has 0 aliphatic rings. The largest absolute Gasteiger partial charge is 0.467 e. The predicted octanol–water partition coefficient (Wildman–Crippen LogP) is -0.167. The molecule has 1 atom stereocenters. The van der Waals surface area contributed by atoms with Crippen molar-refractivity contribution in [3.05, 3.63) is 24.2 Å². The molecular weight excluding hydrogens is 194 g/mol. The van der Waals surface area contributed by atoms with Crippen LogP contribution in [0.3, 0.4) is 0 Å². The van der Waals surface area contributed by atoms with Crippen molar-refractivity contribution in [1.82, 2.24) is 10.6 Å². The highest BCUT2D eigenvalue weighted by molar-refractivity contribution is 5.81. The molecule has 1 aromatic rings. The van der Waals surface area contributed by atoms with Crippen LogP contribution in [-0.4, -0.2) is 25.0 Å². The minimum atomic E-state index is -0.233. The molecule has 1 aromatic heterocycles. The van der Waals surface area contributed by atoms with Gasteiger partial charge in [-0.05, 0) is 19.1 Å². The molecule has 1 unspecified atom stereocenters. The van der Waals surface area contributed by atoms with Gasteiger partial charge in [0.2, 0.25) is 5.91 Å².